The summed E-state index contributed by atoms with van der Waals surface area (Å²) in [5, 5.41) is 11.7. The average Bonchev–Trinajstić information content (AvgIpc) is 3.07. The van der Waals surface area contributed by atoms with E-state index in [0.717, 1.165) is 17.0 Å². The van der Waals surface area contributed by atoms with E-state index in [2.05, 4.69) is 9.97 Å². The van der Waals surface area contributed by atoms with Gasteiger partial charge in [0.05, 0.1) is 18.4 Å². The van der Waals surface area contributed by atoms with E-state index in [1.165, 1.54) is 19.1 Å². The highest BCUT2D eigenvalue weighted by Crippen LogP contribution is 2.39. The quantitative estimate of drug-likeness (QED) is 0.530. The number of rotatable bonds is 7. The molecule has 29 heavy (non-hydrogen) atoms. The van der Waals surface area contributed by atoms with Crippen LogP contribution in [0.2, 0.25) is 0 Å². The maximum Gasteiger partial charge on any atom is 0.267 e. The minimum absolute atomic E-state index is 0.274. The second-order valence-electron chi connectivity index (χ2n) is 8.12. The van der Waals surface area contributed by atoms with Crippen molar-refractivity contribution >= 4 is 10.9 Å². The molecule has 0 aliphatic rings. The van der Waals surface area contributed by atoms with Crippen LogP contribution in [0.25, 0.3) is 10.9 Å². The molecule has 156 valence electrons. The monoisotopic (exact) mass is 408 g/mol. The van der Waals surface area contributed by atoms with E-state index in [0.29, 0.717) is 16.8 Å². The molecule has 0 amide bonds. The van der Waals surface area contributed by atoms with Crippen molar-refractivity contribution in [3.63, 3.8) is 0 Å². The second-order valence-corrected chi connectivity index (χ2v) is 8.12. The van der Waals surface area contributed by atoms with Gasteiger partial charge in [-0.05, 0) is 55.2 Å². The topological polar surface area (TPSA) is 48.9 Å². The Morgan fingerprint density at radius 3 is 2.48 bits per heavy atom. The number of nitrogens with one attached hydrogen (secondary N) is 1. The van der Waals surface area contributed by atoms with Crippen LogP contribution in [0.1, 0.15) is 35.7 Å². The molecule has 3 nitrogen and oxygen atoms in total. The number of hydrogen-bond acceptors (Lipinski definition) is 2. The lowest BCUT2D eigenvalue weighted by Gasteiger charge is -2.37. The van der Waals surface area contributed by atoms with Gasteiger partial charge < -0.3 is 10.1 Å². The molecule has 0 aliphatic heterocycles. The van der Waals surface area contributed by atoms with Crippen molar-refractivity contribution < 1.29 is 22.7 Å². The molecule has 2 heterocycles. The first kappa shape index (κ1) is 21.3. The molecule has 3 rings (SSSR count). The molecule has 0 saturated carbocycles. The number of benzene rings is 1. The summed E-state index contributed by atoms with van der Waals surface area (Å²) in [6.45, 7) is 3.93. The van der Waals surface area contributed by atoms with Gasteiger partial charge in [0.2, 0.25) is 0 Å². The Morgan fingerprint density at radius 2 is 1.86 bits per heavy atom. The number of alkyl halides is 3. The summed E-state index contributed by atoms with van der Waals surface area (Å²) in [6.07, 6.45) is -0.845. The molecular formula is C22H24F4N2O. The molecule has 2 unspecified atom stereocenters. The molecule has 2 aromatic heterocycles. The number of halogens is 4. The number of aryl methyl sites for hydroxylation is 2. The van der Waals surface area contributed by atoms with E-state index in [-0.39, 0.29) is 5.56 Å². The highest BCUT2D eigenvalue weighted by molar-refractivity contribution is 5.82. The van der Waals surface area contributed by atoms with Crippen molar-refractivity contribution in [1.29, 1.82) is 0 Å². The van der Waals surface area contributed by atoms with Gasteiger partial charge in [-0.25, -0.2) is 13.2 Å². The molecule has 0 fully saturated rings. The number of aliphatic hydroxyl groups is 1. The molecule has 1 aromatic carbocycles. The zero-order chi connectivity index (χ0) is 21.4. The fraction of sp³-hybridized carbons (Fsp3) is 0.409. The molecule has 0 bridgehead atoms. The number of aromatic amines is 1. The number of fused-ring (bicyclic) bond motifs is 1. The summed E-state index contributed by atoms with van der Waals surface area (Å²) >= 11 is 0. The third kappa shape index (κ3) is 4.15. The van der Waals surface area contributed by atoms with Crippen LogP contribution < -0.4 is 0 Å². The maximum absolute atomic E-state index is 14.1. The van der Waals surface area contributed by atoms with Gasteiger partial charge in [-0.2, -0.15) is 0 Å². The van der Waals surface area contributed by atoms with Gasteiger partial charge in [0.25, 0.3) is 6.43 Å². The normalized spacial score (nSPS) is 16.2. The molecule has 2 N–H and O–H groups in total. The van der Waals surface area contributed by atoms with Gasteiger partial charge >= 0.3 is 0 Å². The predicted molar refractivity (Wildman–Crippen MR) is 105 cm³/mol. The summed E-state index contributed by atoms with van der Waals surface area (Å²) in [4.78, 5) is 7.06. The summed E-state index contributed by atoms with van der Waals surface area (Å²) in [6, 6.07) is 5.56. The zero-order valence-electron chi connectivity index (χ0n) is 16.6. The SMILES string of the molecule is Cc1ccc(F)cc1C(C)(CF)CC(O)(Cc1cc2c(C)cncc2[nH]1)C(F)F. The number of hydrogen-bond donors (Lipinski definition) is 2. The first-order chi connectivity index (χ1) is 13.6. The van der Waals surface area contributed by atoms with E-state index in [1.54, 1.807) is 25.4 Å². The summed E-state index contributed by atoms with van der Waals surface area (Å²) in [5.74, 6) is -0.579. The lowest BCUT2D eigenvalue weighted by Crippen LogP contribution is -2.46. The third-order valence-corrected chi connectivity index (χ3v) is 5.54. The average molecular weight is 408 g/mol. The highest BCUT2D eigenvalue weighted by Gasteiger charge is 2.46. The van der Waals surface area contributed by atoms with Crippen molar-refractivity contribution in [1.82, 2.24) is 9.97 Å². The van der Waals surface area contributed by atoms with E-state index < -0.39 is 42.8 Å². The molecule has 2 atom stereocenters. The predicted octanol–water partition coefficient (Wildman–Crippen LogP) is 5.18. The van der Waals surface area contributed by atoms with E-state index in [9.17, 15) is 22.7 Å². The fourth-order valence-electron chi connectivity index (χ4n) is 4.03. The van der Waals surface area contributed by atoms with Crippen molar-refractivity contribution in [2.24, 2.45) is 0 Å². The lowest BCUT2D eigenvalue weighted by atomic mass is 9.72. The first-order valence-electron chi connectivity index (χ1n) is 9.33. The Kier molecular flexibility index (Phi) is 5.72. The van der Waals surface area contributed by atoms with Gasteiger partial charge in [-0.1, -0.05) is 13.0 Å². The fourth-order valence-corrected chi connectivity index (χ4v) is 4.03. The van der Waals surface area contributed by atoms with Crippen molar-refractivity contribution in [3.8, 4) is 0 Å². The summed E-state index contributed by atoms with van der Waals surface area (Å²) in [7, 11) is 0. The van der Waals surface area contributed by atoms with Gasteiger partial charge in [0.1, 0.15) is 11.4 Å². The van der Waals surface area contributed by atoms with Crippen LogP contribution in [0.3, 0.4) is 0 Å². The Hall–Kier alpha value is -2.41. The molecular weight excluding hydrogens is 384 g/mol. The minimum atomic E-state index is -3.12. The molecule has 3 aromatic rings. The Morgan fingerprint density at radius 1 is 1.14 bits per heavy atom. The number of H-pyrrole nitrogens is 1. The highest BCUT2D eigenvalue weighted by atomic mass is 19.3. The molecule has 0 saturated heterocycles. The van der Waals surface area contributed by atoms with Crippen LogP contribution in [0, 0.1) is 19.7 Å². The first-order valence-corrected chi connectivity index (χ1v) is 9.33. The Labute approximate surface area is 166 Å². The number of nitrogens with zero attached hydrogens (tertiary/aromatic N) is 1. The molecule has 0 aliphatic carbocycles. The third-order valence-electron chi connectivity index (χ3n) is 5.54. The van der Waals surface area contributed by atoms with Gasteiger partial charge in [0.15, 0.2) is 0 Å². The Balaban J connectivity index is 1.98. The molecule has 0 spiro atoms. The second kappa shape index (κ2) is 7.78. The van der Waals surface area contributed by atoms with Crippen LogP contribution in [0.4, 0.5) is 17.6 Å². The van der Waals surface area contributed by atoms with Crippen LogP contribution in [-0.4, -0.2) is 33.8 Å². The van der Waals surface area contributed by atoms with E-state index in [1.807, 2.05) is 6.92 Å². The lowest BCUT2D eigenvalue weighted by molar-refractivity contribution is -0.113. The van der Waals surface area contributed by atoms with Crippen LogP contribution >= 0.6 is 0 Å². The summed E-state index contributed by atoms with van der Waals surface area (Å²) in [5.41, 5.74) is -1.18. The summed E-state index contributed by atoms with van der Waals surface area (Å²) < 4.78 is 55.8. The van der Waals surface area contributed by atoms with Gasteiger partial charge in [-0.15, -0.1) is 0 Å². The molecule has 7 heteroatoms. The van der Waals surface area contributed by atoms with Crippen molar-refractivity contribution in [3.05, 3.63) is 64.9 Å². The Bertz CT molecular complexity index is 1020. The smallest absolute Gasteiger partial charge is 0.267 e. The molecule has 0 radical (unpaired) electrons. The van der Waals surface area contributed by atoms with Crippen molar-refractivity contribution in [2.75, 3.05) is 6.67 Å². The largest absolute Gasteiger partial charge is 0.383 e. The standard InChI is InChI=1S/C22H24F4N2O/c1-13-4-5-15(24)6-18(13)21(3,12-23)11-22(29,20(25)26)8-16-7-17-14(2)9-27-10-19(17)28-16/h4-7,9-10,20,28-29H,8,11-12H2,1-3H3. The van der Waals surface area contributed by atoms with Crippen LogP contribution in [-0.2, 0) is 11.8 Å². The number of aromatic nitrogens is 2. The van der Waals surface area contributed by atoms with Crippen LogP contribution in [0.15, 0.2) is 36.7 Å². The maximum atomic E-state index is 14.1. The minimum Gasteiger partial charge on any atom is -0.383 e. The van der Waals surface area contributed by atoms with E-state index >= 15 is 0 Å². The van der Waals surface area contributed by atoms with Gasteiger partial charge in [0, 0.05) is 29.1 Å². The van der Waals surface area contributed by atoms with Gasteiger partial charge in [-0.3, -0.25) is 9.37 Å². The number of pyridine rings is 1. The van der Waals surface area contributed by atoms with Crippen LogP contribution in [0.5, 0.6) is 0 Å². The zero-order valence-corrected chi connectivity index (χ0v) is 16.6. The van der Waals surface area contributed by atoms with Crippen molar-refractivity contribution in [2.45, 2.75) is 51.1 Å². The van der Waals surface area contributed by atoms with E-state index in [4.69, 9.17) is 0 Å².